The van der Waals surface area contributed by atoms with Crippen molar-refractivity contribution in [3.8, 4) is 0 Å². The topological polar surface area (TPSA) is 92.1 Å². The zero-order chi connectivity index (χ0) is 21.8. The number of aromatic nitrogens is 3. The van der Waals surface area contributed by atoms with Gasteiger partial charge in [0.2, 0.25) is 0 Å². The SMILES string of the molecule is Cc1ccc(NC(=O)NCCn2nnc3cc(C(=O)N4CCCCC4)ccc32)cc1Cl. The maximum atomic E-state index is 12.7. The molecule has 0 saturated carbocycles. The van der Waals surface area contributed by atoms with Crippen molar-refractivity contribution in [2.45, 2.75) is 32.7 Å². The van der Waals surface area contributed by atoms with Crippen LogP contribution in [0.15, 0.2) is 36.4 Å². The maximum absolute atomic E-state index is 12.7. The van der Waals surface area contributed by atoms with E-state index in [4.69, 9.17) is 11.6 Å². The van der Waals surface area contributed by atoms with Crippen molar-refractivity contribution in [3.63, 3.8) is 0 Å². The lowest BCUT2D eigenvalue weighted by Crippen LogP contribution is -2.35. The summed E-state index contributed by atoms with van der Waals surface area (Å²) in [4.78, 5) is 26.7. The molecule has 4 rings (SSSR count). The van der Waals surface area contributed by atoms with Crippen LogP contribution in [0.2, 0.25) is 5.02 Å². The van der Waals surface area contributed by atoms with E-state index in [0.717, 1.165) is 37.0 Å². The molecule has 3 aromatic rings. The third-order valence-corrected chi connectivity index (χ3v) is 5.85. The summed E-state index contributed by atoms with van der Waals surface area (Å²) >= 11 is 6.09. The maximum Gasteiger partial charge on any atom is 0.319 e. The van der Waals surface area contributed by atoms with Crippen molar-refractivity contribution in [1.82, 2.24) is 25.2 Å². The molecule has 1 aliphatic rings. The van der Waals surface area contributed by atoms with Gasteiger partial charge < -0.3 is 15.5 Å². The first-order valence-corrected chi connectivity index (χ1v) is 10.8. The molecule has 31 heavy (non-hydrogen) atoms. The number of halogens is 1. The normalized spacial score (nSPS) is 13.9. The molecule has 0 bridgehead atoms. The Balaban J connectivity index is 1.34. The molecular weight excluding hydrogens is 416 g/mol. The first-order valence-electron chi connectivity index (χ1n) is 10.4. The van der Waals surface area contributed by atoms with Crippen molar-refractivity contribution < 1.29 is 9.59 Å². The fourth-order valence-electron chi connectivity index (χ4n) is 3.67. The van der Waals surface area contributed by atoms with E-state index in [1.165, 1.54) is 6.42 Å². The second kappa shape index (κ2) is 9.34. The Labute approximate surface area is 185 Å². The van der Waals surface area contributed by atoms with Gasteiger partial charge in [0.15, 0.2) is 0 Å². The standard InChI is InChI=1S/C22H25ClN6O2/c1-15-5-7-17(14-18(15)23)25-22(31)24-9-12-29-20-8-6-16(13-19(20)26-27-29)21(30)28-10-3-2-4-11-28/h5-8,13-14H,2-4,9-12H2,1H3,(H2,24,25,31). The van der Waals surface area contributed by atoms with E-state index in [-0.39, 0.29) is 11.9 Å². The first kappa shape index (κ1) is 21.1. The number of carbonyl (C=O) groups is 2. The minimum Gasteiger partial charge on any atom is -0.339 e. The van der Waals surface area contributed by atoms with Crippen molar-refractivity contribution in [2.24, 2.45) is 0 Å². The average molecular weight is 441 g/mol. The van der Waals surface area contributed by atoms with Crippen molar-refractivity contribution >= 4 is 40.3 Å². The van der Waals surface area contributed by atoms with Gasteiger partial charge in [-0.05, 0) is 62.1 Å². The van der Waals surface area contributed by atoms with E-state index in [2.05, 4.69) is 20.9 Å². The third-order valence-electron chi connectivity index (χ3n) is 5.44. The number of anilines is 1. The Morgan fingerprint density at radius 1 is 1.10 bits per heavy atom. The van der Waals surface area contributed by atoms with Gasteiger partial charge in [0.05, 0.1) is 12.1 Å². The molecule has 1 aliphatic heterocycles. The van der Waals surface area contributed by atoms with Crippen LogP contribution in [0.4, 0.5) is 10.5 Å². The number of amides is 3. The summed E-state index contributed by atoms with van der Waals surface area (Å²) in [6.45, 7) is 4.36. The molecular formula is C22H25ClN6O2. The highest BCUT2D eigenvalue weighted by Gasteiger charge is 2.19. The number of urea groups is 1. The van der Waals surface area contributed by atoms with Gasteiger partial charge in [-0.3, -0.25) is 4.79 Å². The average Bonchev–Trinajstić information content (AvgIpc) is 3.18. The van der Waals surface area contributed by atoms with E-state index in [1.54, 1.807) is 22.9 Å². The van der Waals surface area contributed by atoms with Crippen LogP contribution >= 0.6 is 11.6 Å². The highest BCUT2D eigenvalue weighted by Crippen LogP contribution is 2.20. The Morgan fingerprint density at radius 3 is 2.68 bits per heavy atom. The molecule has 1 saturated heterocycles. The van der Waals surface area contributed by atoms with Crippen molar-refractivity contribution in [1.29, 1.82) is 0 Å². The van der Waals surface area contributed by atoms with E-state index in [0.29, 0.717) is 34.9 Å². The summed E-state index contributed by atoms with van der Waals surface area (Å²) < 4.78 is 1.72. The number of nitrogens with zero attached hydrogens (tertiary/aromatic N) is 4. The fraction of sp³-hybridized carbons (Fsp3) is 0.364. The summed E-state index contributed by atoms with van der Waals surface area (Å²) in [5.41, 5.74) is 3.71. The number of rotatable bonds is 5. The molecule has 3 amide bonds. The predicted octanol–water partition coefficient (Wildman–Crippen LogP) is 3.84. The number of benzene rings is 2. The van der Waals surface area contributed by atoms with Crippen molar-refractivity contribution in [2.75, 3.05) is 25.0 Å². The summed E-state index contributed by atoms with van der Waals surface area (Å²) in [5.74, 6) is 0.0469. The quantitative estimate of drug-likeness (QED) is 0.630. The van der Waals surface area contributed by atoms with E-state index in [9.17, 15) is 9.59 Å². The Kier molecular flexibility index (Phi) is 6.36. The molecule has 1 aromatic heterocycles. The molecule has 1 fully saturated rings. The molecule has 162 valence electrons. The minimum atomic E-state index is -0.321. The highest BCUT2D eigenvalue weighted by atomic mass is 35.5. The smallest absolute Gasteiger partial charge is 0.319 e. The molecule has 2 N–H and O–H groups in total. The summed E-state index contributed by atoms with van der Waals surface area (Å²) in [7, 11) is 0. The summed E-state index contributed by atoms with van der Waals surface area (Å²) in [6.07, 6.45) is 3.30. The second-order valence-corrected chi connectivity index (χ2v) is 8.12. The lowest BCUT2D eigenvalue weighted by atomic mass is 10.1. The minimum absolute atomic E-state index is 0.0469. The number of nitrogens with one attached hydrogen (secondary N) is 2. The van der Waals surface area contributed by atoms with Crippen LogP contribution in [0.1, 0.15) is 35.2 Å². The van der Waals surface area contributed by atoms with E-state index in [1.807, 2.05) is 30.0 Å². The van der Waals surface area contributed by atoms with Gasteiger partial charge in [0, 0.05) is 35.9 Å². The monoisotopic (exact) mass is 440 g/mol. The fourth-order valence-corrected chi connectivity index (χ4v) is 3.85. The molecule has 0 atom stereocenters. The third kappa shape index (κ3) is 4.96. The van der Waals surface area contributed by atoms with Crippen LogP contribution in [0, 0.1) is 6.92 Å². The number of carbonyl (C=O) groups excluding carboxylic acids is 2. The summed E-state index contributed by atoms with van der Waals surface area (Å²) in [6, 6.07) is 10.5. The van der Waals surface area contributed by atoms with Gasteiger partial charge in [-0.15, -0.1) is 5.10 Å². The molecule has 0 aliphatic carbocycles. The second-order valence-electron chi connectivity index (χ2n) is 7.71. The zero-order valence-corrected chi connectivity index (χ0v) is 18.2. The number of fused-ring (bicyclic) bond motifs is 1. The van der Waals surface area contributed by atoms with E-state index < -0.39 is 0 Å². The van der Waals surface area contributed by atoms with Gasteiger partial charge in [-0.2, -0.15) is 0 Å². The van der Waals surface area contributed by atoms with Crippen LogP contribution in [0.25, 0.3) is 11.0 Å². The molecule has 0 radical (unpaired) electrons. The number of piperidine rings is 1. The first-order chi connectivity index (χ1) is 15.0. The van der Waals surface area contributed by atoms with Crippen LogP contribution < -0.4 is 10.6 Å². The molecule has 0 unspecified atom stereocenters. The van der Waals surface area contributed by atoms with Gasteiger partial charge >= 0.3 is 6.03 Å². The lowest BCUT2D eigenvalue weighted by Gasteiger charge is -2.26. The van der Waals surface area contributed by atoms with Crippen LogP contribution in [-0.2, 0) is 6.54 Å². The number of likely N-dealkylation sites (tertiary alicyclic amines) is 1. The van der Waals surface area contributed by atoms with Crippen molar-refractivity contribution in [3.05, 3.63) is 52.5 Å². The Bertz CT molecular complexity index is 1110. The van der Waals surface area contributed by atoms with Crippen LogP contribution in [0.5, 0.6) is 0 Å². The molecule has 2 aromatic carbocycles. The molecule has 0 spiro atoms. The predicted molar refractivity (Wildman–Crippen MR) is 120 cm³/mol. The number of hydrogen-bond acceptors (Lipinski definition) is 4. The van der Waals surface area contributed by atoms with Gasteiger partial charge in [-0.1, -0.05) is 22.9 Å². The van der Waals surface area contributed by atoms with Crippen LogP contribution in [0.3, 0.4) is 0 Å². The van der Waals surface area contributed by atoms with Gasteiger partial charge in [0.1, 0.15) is 5.52 Å². The molecule has 9 heteroatoms. The van der Waals surface area contributed by atoms with Gasteiger partial charge in [-0.25, -0.2) is 9.48 Å². The van der Waals surface area contributed by atoms with E-state index >= 15 is 0 Å². The number of hydrogen-bond donors (Lipinski definition) is 2. The Morgan fingerprint density at radius 2 is 1.90 bits per heavy atom. The highest BCUT2D eigenvalue weighted by molar-refractivity contribution is 6.31. The largest absolute Gasteiger partial charge is 0.339 e. The van der Waals surface area contributed by atoms with Crippen LogP contribution in [-0.4, -0.2) is 51.5 Å². The summed E-state index contributed by atoms with van der Waals surface area (Å²) in [5, 5.41) is 14.5. The number of aryl methyl sites for hydroxylation is 1. The lowest BCUT2D eigenvalue weighted by molar-refractivity contribution is 0.0724. The molecule has 8 nitrogen and oxygen atoms in total. The van der Waals surface area contributed by atoms with Gasteiger partial charge in [0.25, 0.3) is 5.91 Å². The molecule has 2 heterocycles. The Hall–Kier alpha value is -3.13. The zero-order valence-electron chi connectivity index (χ0n) is 17.4.